The molecule has 1 fully saturated rings. The van der Waals surface area contributed by atoms with Gasteiger partial charge in [0.05, 0.1) is 26.9 Å². The number of rotatable bonds is 4. The average molecular weight is 432 g/mol. The van der Waals surface area contributed by atoms with Crippen LogP contribution in [0.3, 0.4) is 0 Å². The van der Waals surface area contributed by atoms with Gasteiger partial charge in [-0.1, -0.05) is 12.6 Å². The summed E-state index contributed by atoms with van der Waals surface area (Å²) in [6.45, 7) is 4.90. The molecule has 8 nitrogen and oxygen atoms in total. The van der Waals surface area contributed by atoms with Crippen LogP contribution >= 0.6 is 11.3 Å². The molecule has 0 saturated carbocycles. The molecule has 1 atom stereocenters. The summed E-state index contributed by atoms with van der Waals surface area (Å²) in [5, 5.41) is 5.67. The Kier molecular flexibility index (Phi) is 4.95. The van der Waals surface area contributed by atoms with Gasteiger partial charge in [0, 0.05) is 19.3 Å². The van der Waals surface area contributed by atoms with Gasteiger partial charge in [-0.15, -0.1) is 11.3 Å². The van der Waals surface area contributed by atoms with Crippen LogP contribution in [0, 0.1) is 0 Å². The number of carbonyl (C=O) groups is 1. The molecule has 4 aromatic rings. The van der Waals surface area contributed by atoms with Crippen molar-refractivity contribution in [2.45, 2.75) is 18.9 Å². The van der Waals surface area contributed by atoms with Crippen LogP contribution in [0.15, 0.2) is 55.5 Å². The second-order valence-corrected chi connectivity index (χ2v) is 8.50. The van der Waals surface area contributed by atoms with Gasteiger partial charge in [0.1, 0.15) is 17.8 Å². The van der Waals surface area contributed by atoms with E-state index in [9.17, 15) is 4.79 Å². The minimum absolute atomic E-state index is 0.0124. The number of nitrogens with zero attached hydrogens (tertiary/aromatic N) is 6. The summed E-state index contributed by atoms with van der Waals surface area (Å²) in [5.74, 6) is 0.336. The molecule has 31 heavy (non-hydrogen) atoms. The highest BCUT2D eigenvalue weighted by Gasteiger charge is 2.28. The highest BCUT2D eigenvalue weighted by molar-refractivity contribution is 7.18. The van der Waals surface area contributed by atoms with Crippen LogP contribution in [0.25, 0.3) is 32.2 Å². The molecule has 0 radical (unpaired) electrons. The third-order valence-electron chi connectivity index (χ3n) is 5.50. The summed E-state index contributed by atoms with van der Waals surface area (Å²) in [4.78, 5) is 29.1. The van der Waals surface area contributed by atoms with E-state index in [2.05, 4.69) is 21.5 Å². The number of pyridine rings is 1. The Balaban J connectivity index is 1.58. The maximum absolute atomic E-state index is 12.2. The van der Waals surface area contributed by atoms with Crippen molar-refractivity contribution in [2.75, 3.05) is 18.8 Å². The van der Waals surface area contributed by atoms with Crippen LogP contribution in [0.2, 0.25) is 0 Å². The van der Waals surface area contributed by atoms with Gasteiger partial charge < -0.3 is 10.6 Å². The summed E-state index contributed by atoms with van der Waals surface area (Å²) in [6, 6.07) is 9.93. The number of nitrogens with two attached hydrogens (primary N) is 1. The van der Waals surface area contributed by atoms with Gasteiger partial charge >= 0.3 is 0 Å². The quantitative estimate of drug-likeness (QED) is 0.496. The van der Waals surface area contributed by atoms with E-state index in [0.29, 0.717) is 18.0 Å². The van der Waals surface area contributed by atoms with Crippen molar-refractivity contribution in [3.63, 3.8) is 0 Å². The zero-order valence-corrected chi connectivity index (χ0v) is 17.6. The summed E-state index contributed by atoms with van der Waals surface area (Å²) in [7, 11) is 0. The second-order valence-electron chi connectivity index (χ2n) is 7.41. The Hall–Kier alpha value is -3.59. The van der Waals surface area contributed by atoms with E-state index in [1.54, 1.807) is 17.5 Å². The fraction of sp³-hybridized carbons (Fsp3) is 0.227. The molecule has 0 bridgehead atoms. The fourth-order valence-electron chi connectivity index (χ4n) is 4.02. The van der Waals surface area contributed by atoms with E-state index in [4.69, 9.17) is 10.8 Å². The molecule has 2 N–H and O–H groups in total. The molecule has 5 heterocycles. The molecule has 1 aliphatic rings. The molecular weight excluding hydrogens is 410 g/mol. The molecule has 0 spiro atoms. The maximum atomic E-state index is 12.2. The summed E-state index contributed by atoms with van der Waals surface area (Å²) < 4.78 is 1.91. The predicted octanol–water partition coefficient (Wildman–Crippen LogP) is 3.55. The first-order chi connectivity index (χ1) is 15.2. The molecule has 1 aliphatic heterocycles. The maximum Gasteiger partial charge on any atom is 0.246 e. The number of carbonyl (C=O) groups excluding carboxylic acids is 1. The number of hydrogen-bond donors (Lipinski definition) is 1. The lowest BCUT2D eigenvalue weighted by Crippen LogP contribution is -2.40. The highest BCUT2D eigenvalue weighted by atomic mass is 32.1. The summed E-state index contributed by atoms with van der Waals surface area (Å²) in [6.07, 6.45) is 6.40. The minimum atomic E-state index is -0.0613. The van der Waals surface area contributed by atoms with Crippen molar-refractivity contribution >= 4 is 34.1 Å². The number of amides is 1. The highest BCUT2D eigenvalue weighted by Crippen LogP contribution is 2.39. The summed E-state index contributed by atoms with van der Waals surface area (Å²) >= 11 is 1.60. The number of aromatic nitrogens is 5. The van der Waals surface area contributed by atoms with Crippen LogP contribution in [0.4, 0.5) is 5.82 Å². The van der Waals surface area contributed by atoms with Crippen LogP contribution in [0.1, 0.15) is 18.9 Å². The van der Waals surface area contributed by atoms with Crippen molar-refractivity contribution < 1.29 is 4.79 Å². The Labute approximate surface area is 183 Å². The molecule has 9 heteroatoms. The number of piperidine rings is 1. The third-order valence-corrected chi connectivity index (χ3v) is 6.62. The zero-order valence-electron chi connectivity index (χ0n) is 16.8. The van der Waals surface area contributed by atoms with Crippen molar-refractivity contribution in [2.24, 2.45) is 0 Å². The van der Waals surface area contributed by atoms with Gasteiger partial charge in [0.25, 0.3) is 0 Å². The second kappa shape index (κ2) is 7.92. The number of nitrogen functional groups attached to an aromatic ring is 1. The zero-order chi connectivity index (χ0) is 21.4. The molecule has 4 aromatic heterocycles. The van der Waals surface area contributed by atoms with Gasteiger partial charge in [-0.3, -0.25) is 9.78 Å². The normalized spacial score (nSPS) is 16.5. The largest absolute Gasteiger partial charge is 0.383 e. The fourth-order valence-corrected chi connectivity index (χ4v) is 4.99. The minimum Gasteiger partial charge on any atom is -0.383 e. The van der Waals surface area contributed by atoms with Gasteiger partial charge in [0.2, 0.25) is 5.91 Å². The third kappa shape index (κ3) is 3.46. The molecule has 0 aromatic carbocycles. The van der Waals surface area contributed by atoms with Gasteiger partial charge in [-0.05, 0) is 43.2 Å². The van der Waals surface area contributed by atoms with Crippen LogP contribution in [-0.2, 0) is 4.79 Å². The number of hydrogen-bond acceptors (Lipinski definition) is 7. The monoisotopic (exact) mass is 431 g/mol. The lowest BCUT2D eigenvalue weighted by Gasteiger charge is -2.32. The number of anilines is 1. The lowest BCUT2D eigenvalue weighted by atomic mass is 10.1. The average Bonchev–Trinajstić information content (AvgIpc) is 3.45. The smallest absolute Gasteiger partial charge is 0.246 e. The Morgan fingerprint density at radius 3 is 2.87 bits per heavy atom. The van der Waals surface area contributed by atoms with Gasteiger partial charge in [0.15, 0.2) is 5.65 Å². The standard InChI is InChI=1S/C22H21N7OS/c1-2-18(30)28-11-5-6-14(12-28)29-22-19(21(23)25-13-26-22)20(27-29)17-9-8-16(31-17)15-7-3-4-10-24-15/h2-4,7-10,13-14H,1,5-6,11-12H2,(H2,23,25,26)/t14-/m0/s1. The Bertz CT molecular complexity index is 1260. The molecular formula is C22H21N7OS. The van der Waals surface area contributed by atoms with E-state index in [-0.39, 0.29) is 11.9 Å². The van der Waals surface area contributed by atoms with E-state index in [1.807, 2.05) is 39.9 Å². The van der Waals surface area contributed by atoms with E-state index < -0.39 is 0 Å². The van der Waals surface area contributed by atoms with Crippen molar-refractivity contribution in [1.82, 2.24) is 29.6 Å². The van der Waals surface area contributed by atoms with E-state index in [1.165, 1.54) is 12.4 Å². The van der Waals surface area contributed by atoms with E-state index in [0.717, 1.165) is 45.9 Å². The number of fused-ring (bicyclic) bond motifs is 1. The van der Waals surface area contributed by atoms with Crippen molar-refractivity contribution in [1.29, 1.82) is 0 Å². The first kappa shape index (κ1) is 19.4. The first-order valence-electron chi connectivity index (χ1n) is 10.1. The first-order valence-corrected chi connectivity index (χ1v) is 10.9. The number of likely N-dealkylation sites (tertiary alicyclic amines) is 1. The van der Waals surface area contributed by atoms with Crippen LogP contribution in [0.5, 0.6) is 0 Å². The molecule has 0 unspecified atom stereocenters. The van der Waals surface area contributed by atoms with Gasteiger partial charge in [-0.25, -0.2) is 14.6 Å². The van der Waals surface area contributed by atoms with Gasteiger partial charge in [-0.2, -0.15) is 5.10 Å². The molecule has 1 amide bonds. The van der Waals surface area contributed by atoms with Crippen LogP contribution < -0.4 is 5.73 Å². The Morgan fingerprint density at radius 2 is 2.06 bits per heavy atom. The molecule has 1 saturated heterocycles. The molecule has 156 valence electrons. The van der Waals surface area contributed by atoms with Crippen LogP contribution in [-0.4, -0.2) is 48.6 Å². The number of thiophene rings is 1. The van der Waals surface area contributed by atoms with Crippen molar-refractivity contribution in [3.8, 4) is 21.1 Å². The predicted molar refractivity (Wildman–Crippen MR) is 121 cm³/mol. The molecule has 0 aliphatic carbocycles. The van der Waals surface area contributed by atoms with Crippen molar-refractivity contribution in [3.05, 3.63) is 55.5 Å². The topological polar surface area (TPSA) is 103 Å². The Morgan fingerprint density at radius 1 is 1.19 bits per heavy atom. The SMILES string of the molecule is C=CC(=O)N1CCC[C@H](n2nc(-c3ccc(-c4ccccn4)s3)c3c(N)ncnc32)C1. The molecule has 5 rings (SSSR count). The lowest BCUT2D eigenvalue weighted by molar-refractivity contribution is -0.127. The summed E-state index contributed by atoms with van der Waals surface area (Å²) in [5.41, 5.74) is 8.62. The van der Waals surface area contributed by atoms with E-state index >= 15 is 0 Å².